The third kappa shape index (κ3) is 1.55. The number of aromatic carboxylic acids is 1. The molecule has 0 saturated heterocycles. The van der Waals surface area contributed by atoms with E-state index in [0.29, 0.717) is 12.3 Å². The highest BCUT2D eigenvalue weighted by atomic mass is 16.5. The van der Waals surface area contributed by atoms with Crippen LogP contribution in [0.25, 0.3) is 11.3 Å². The summed E-state index contributed by atoms with van der Waals surface area (Å²) < 4.78 is 6.96. The Morgan fingerprint density at radius 2 is 2.33 bits per heavy atom. The van der Waals surface area contributed by atoms with Crippen LogP contribution in [0.5, 0.6) is 5.75 Å². The summed E-state index contributed by atoms with van der Waals surface area (Å²) in [6.45, 7) is 0.672. The van der Waals surface area contributed by atoms with Gasteiger partial charge in [-0.05, 0) is 17.7 Å². The second-order valence-electron chi connectivity index (χ2n) is 4.24. The van der Waals surface area contributed by atoms with Crippen molar-refractivity contribution in [2.45, 2.75) is 6.42 Å². The van der Waals surface area contributed by atoms with Crippen LogP contribution in [0.1, 0.15) is 16.1 Å². The topological polar surface area (TPSA) is 64.4 Å². The maximum absolute atomic E-state index is 11.0. The van der Waals surface area contributed by atoms with Gasteiger partial charge in [0.1, 0.15) is 11.4 Å². The number of ether oxygens (including phenoxy) is 1. The molecule has 1 aliphatic rings. The highest BCUT2D eigenvalue weighted by molar-refractivity contribution is 5.87. The molecule has 1 aromatic carbocycles. The fourth-order valence-corrected chi connectivity index (χ4v) is 2.22. The molecule has 92 valence electrons. The van der Waals surface area contributed by atoms with E-state index in [1.165, 1.54) is 4.68 Å². The molecule has 0 unspecified atom stereocenters. The molecule has 5 heteroatoms. The van der Waals surface area contributed by atoms with Gasteiger partial charge >= 0.3 is 5.97 Å². The average Bonchev–Trinajstić information content (AvgIpc) is 2.94. The van der Waals surface area contributed by atoms with Crippen molar-refractivity contribution < 1.29 is 14.6 Å². The van der Waals surface area contributed by atoms with Crippen LogP contribution in [0, 0.1) is 0 Å². The van der Waals surface area contributed by atoms with Crippen molar-refractivity contribution >= 4 is 5.97 Å². The van der Waals surface area contributed by atoms with Crippen LogP contribution in [-0.2, 0) is 13.5 Å². The first-order valence-corrected chi connectivity index (χ1v) is 5.69. The summed E-state index contributed by atoms with van der Waals surface area (Å²) in [5.74, 6) is -0.155. The number of hydrogen-bond acceptors (Lipinski definition) is 3. The number of rotatable bonds is 2. The Kier molecular flexibility index (Phi) is 2.33. The molecule has 0 bridgehead atoms. The Hall–Kier alpha value is -2.30. The summed E-state index contributed by atoms with van der Waals surface area (Å²) in [5.41, 5.74) is 2.80. The number of aryl methyl sites for hydroxylation is 1. The second-order valence-corrected chi connectivity index (χ2v) is 4.24. The molecule has 0 saturated carbocycles. The first-order chi connectivity index (χ1) is 8.66. The molecule has 0 aliphatic carbocycles. The molecule has 0 radical (unpaired) electrons. The minimum Gasteiger partial charge on any atom is -0.492 e. The van der Waals surface area contributed by atoms with Gasteiger partial charge in [0.05, 0.1) is 12.3 Å². The van der Waals surface area contributed by atoms with E-state index in [-0.39, 0.29) is 5.69 Å². The number of aromatic nitrogens is 2. The zero-order valence-corrected chi connectivity index (χ0v) is 9.88. The minimum atomic E-state index is -0.982. The smallest absolute Gasteiger partial charge is 0.354 e. The van der Waals surface area contributed by atoms with Crippen molar-refractivity contribution in [2.75, 3.05) is 6.61 Å². The van der Waals surface area contributed by atoms with Gasteiger partial charge in [-0.1, -0.05) is 12.1 Å². The van der Waals surface area contributed by atoms with Gasteiger partial charge < -0.3 is 9.84 Å². The summed E-state index contributed by atoms with van der Waals surface area (Å²) >= 11 is 0. The molecular formula is C13H12N2O3. The summed E-state index contributed by atoms with van der Waals surface area (Å²) in [7, 11) is 1.62. The van der Waals surface area contributed by atoms with Crippen LogP contribution in [0.2, 0.25) is 0 Å². The van der Waals surface area contributed by atoms with Crippen molar-refractivity contribution in [1.82, 2.24) is 9.78 Å². The van der Waals surface area contributed by atoms with E-state index in [4.69, 9.17) is 9.84 Å². The number of hydrogen-bond donors (Lipinski definition) is 1. The van der Waals surface area contributed by atoms with Crippen LogP contribution >= 0.6 is 0 Å². The molecule has 0 amide bonds. The Labute approximate surface area is 104 Å². The Morgan fingerprint density at radius 3 is 3.06 bits per heavy atom. The molecule has 0 atom stereocenters. The Bertz CT molecular complexity index is 631. The van der Waals surface area contributed by atoms with Gasteiger partial charge in [-0.3, -0.25) is 4.68 Å². The van der Waals surface area contributed by atoms with Crippen LogP contribution in [0.15, 0.2) is 24.3 Å². The highest BCUT2D eigenvalue weighted by Gasteiger charge is 2.20. The molecule has 0 spiro atoms. The lowest BCUT2D eigenvalue weighted by molar-refractivity contribution is 0.0685. The third-order valence-electron chi connectivity index (χ3n) is 3.09. The zero-order chi connectivity index (χ0) is 12.7. The van der Waals surface area contributed by atoms with Crippen molar-refractivity contribution in [3.05, 3.63) is 35.5 Å². The normalized spacial score (nSPS) is 13.2. The number of carboxylic acid groups (broad SMARTS) is 1. The molecule has 1 aliphatic heterocycles. The monoisotopic (exact) mass is 244 g/mol. The van der Waals surface area contributed by atoms with E-state index >= 15 is 0 Å². The van der Waals surface area contributed by atoms with Crippen LogP contribution < -0.4 is 4.74 Å². The number of benzene rings is 1. The number of carbonyl (C=O) groups is 1. The van der Waals surface area contributed by atoms with Crippen LogP contribution in [-0.4, -0.2) is 27.5 Å². The van der Waals surface area contributed by atoms with E-state index < -0.39 is 5.97 Å². The van der Waals surface area contributed by atoms with Crippen molar-refractivity contribution in [3.63, 3.8) is 0 Å². The number of nitrogens with zero attached hydrogens (tertiary/aromatic N) is 2. The fraction of sp³-hybridized carbons (Fsp3) is 0.231. The summed E-state index contributed by atoms with van der Waals surface area (Å²) in [4.78, 5) is 11.0. The molecular weight excluding hydrogens is 232 g/mol. The Morgan fingerprint density at radius 1 is 1.50 bits per heavy atom. The van der Waals surface area contributed by atoms with Crippen molar-refractivity contribution in [1.29, 1.82) is 0 Å². The highest BCUT2D eigenvalue weighted by Crippen LogP contribution is 2.36. The van der Waals surface area contributed by atoms with Gasteiger partial charge in [0.25, 0.3) is 0 Å². The van der Waals surface area contributed by atoms with Gasteiger partial charge in [0.2, 0.25) is 0 Å². The average molecular weight is 244 g/mol. The zero-order valence-electron chi connectivity index (χ0n) is 9.88. The van der Waals surface area contributed by atoms with Gasteiger partial charge in [-0.15, -0.1) is 0 Å². The lowest BCUT2D eigenvalue weighted by Crippen LogP contribution is -2.04. The van der Waals surface area contributed by atoms with Gasteiger partial charge in [0, 0.05) is 19.0 Å². The lowest BCUT2D eigenvalue weighted by Gasteiger charge is -2.04. The minimum absolute atomic E-state index is 0.167. The van der Waals surface area contributed by atoms with Gasteiger partial charge in [-0.2, -0.15) is 5.10 Å². The Balaban J connectivity index is 2.13. The van der Waals surface area contributed by atoms with Gasteiger partial charge in [-0.25, -0.2) is 4.79 Å². The predicted octanol–water partition coefficient (Wildman–Crippen LogP) is 1.72. The number of para-hydroxylation sites is 1. The lowest BCUT2D eigenvalue weighted by atomic mass is 10.1. The first kappa shape index (κ1) is 10.8. The van der Waals surface area contributed by atoms with Crippen molar-refractivity contribution in [2.24, 2.45) is 7.05 Å². The van der Waals surface area contributed by atoms with Crippen molar-refractivity contribution in [3.8, 4) is 17.0 Å². The van der Waals surface area contributed by atoms with Crippen LogP contribution in [0.3, 0.4) is 0 Å². The standard InChI is InChI=1S/C13H12N2O3/c1-15-11(13(16)17)7-10(14-15)9-4-2-3-8-5-6-18-12(8)9/h2-4,7H,5-6H2,1H3,(H,16,17). The predicted molar refractivity (Wildman–Crippen MR) is 64.8 cm³/mol. The molecule has 1 aromatic heterocycles. The molecule has 3 rings (SSSR count). The SMILES string of the molecule is Cn1nc(-c2cccc3c2OCC3)cc1C(=O)O. The molecule has 0 fully saturated rings. The van der Waals surface area contributed by atoms with E-state index in [1.807, 2.05) is 18.2 Å². The number of carboxylic acids is 1. The molecule has 2 aromatic rings. The maximum atomic E-state index is 11.0. The van der Waals surface area contributed by atoms with E-state index in [9.17, 15) is 4.79 Å². The van der Waals surface area contributed by atoms with Gasteiger partial charge in [0.15, 0.2) is 0 Å². The van der Waals surface area contributed by atoms with E-state index in [0.717, 1.165) is 23.3 Å². The fourth-order valence-electron chi connectivity index (χ4n) is 2.22. The molecule has 2 heterocycles. The molecule has 1 N–H and O–H groups in total. The summed E-state index contributed by atoms with van der Waals surface area (Å²) in [5, 5.41) is 13.3. The van der Waals surface area contributed by atoms with E-state index in [1.54, 1.807) is 13.1 Å². The molecule has 5 nitrogen and oxygen atoms in total. The largest absolute Gasteiger partial charge is 0.492 e. The first-order valence-electron chi connectivity index (χ1n) is 5.69. The van der Waals surface area contributed by atoms with E-state index in [2.05, 4.69) is 5.10 Å². The third-order valence-corrected chi connectivity index (χ3v) is 3.09. The van der Waals surface area contributed by atoms with Crippen LogP contribution in [0.4, 0.5) is 0 Å². The number of fused-ring (bicyclic) bond motifs is 1. The summed E-state index contributed by atoms with van der Waals surface area (Å²) in [6, 6.07) is 7.43. The quantitative estimate of drug-likeness (QED) is 0.873. The summed E-state index contributed by atoms with van der Waals surface area (Å²) in [6.07, 6.45) is 0.891. The second kappa shape index (κ2) is 3.87. The maximum Gasteiger partial charge on any atom is 0.354 e. The molecule has 18 heavy (non-hydrogen) atoms.